The van der Waals surface area contributed by atoms with Crippen molar-refractivity contribution in [1.82, 2.24) is 0 Å². The Kier molecular flexibility index (Phi) is 5.92. The highest BCUT2D eigenvalue weighted by Gasteiger charge is 2.37. The van der Waals surface area contributed by atoms with Crippen LogP contribution in [0.15, 0.2) is 170 Å². The molecule has 9 rings (SSSR count). The van der Waals surface area contributed by atoms with Gasteiger partial charge in [0, 0.05) is 16.8 Å². The molecule has 2 heteroatoms. The highest BCUT2D eigenvalue weighted by atomic mass is 15.3. The fourth-order valence-electron chi connectivity index (χ4n) is 7.15. The lowest BCUT2D eigenvalue weighted by molar-refractivity contribution is 0.829. The first-order valence-electron chi connectivity index (χ1n) is 15.6. The molecule has 0 aliphatic carbocycles. The summed E-state index contributed by atoms with van der Waals surface area (Å²) in [6.07, 6.45) is -0.0844. The summed E-state index contributed by atoms with van der Waals surface area (Å²) in [6, 6.07) is 61.6. The van der Waals surface area contributed by atoms with Gasteiger partial charge in [-0.15, -0.1) is 0 Å². The van der Waals surface area contributed by atoms with E-state index in [1.54, 1.807) is 0 Å². The van der Waals surface area contributed by atoms with E-state index < -0.39 is 0 Å². The normalized spacial score (nSPS) is 14.1. The Hall–Kier alpha value is -5.86. The van der Waals surface area contributed by atoms with Gasteiger partial charge in [-0.1, -0.05) is 146 Å². The van der Waals surface area contributed by atoms with Crippen LogP contribution in [0.2, 0.25) is 0 Å². The molecule has 1 aliphatic rings. The maximum absolute atomic E-state index is 4.08. The van der Waals surface area contributed by atoms with Crippen LogP contribution in [0.25, 0.3) is 54.6 Å². The molecule has 8 aromatic carbocycles. The molecule has 0 fully saturated rings. The monoisotopic (exact) mass is 574 g/mol. The van der Waals surface area contributed by atoms with E-state index in [1.165, 1.54) is 65.8 Å². The third-order valence-electron chi connectivity index (χ3n) is 9.20. The van der Waals surface area contributed by atoms with Crippen LogP contribution in [-0.4, -0.2) is 0 Å². The fourth-order valence-corrected chi connectivity index (χ4v) is 7.15. The second kappa shape index (κ2) is 10.4. The van der Waals surface area contributed by atoms with Crippen molar-refractivity contribution in [2.24, 2.45) is 0 Å². The van der Waals surface area contributed by atoms with Gasteiger partial charge in [-0.3, -0.25) is 0 Å². The first kappa shape index (κ1) is 25.6. The molecule has 0 saturated carbocycles. The molecule has 2 nitrogen and oxygen atoms in total. The zero-order valence-electron chi connectivity index (χ0n) is 24.7. The van der Waals surface area contributed by atoms with Gasteiger partial charge in [-0.05, 0) is 73.3 Å². The number of anilines is 3. The molecule has 0 bridgehead atoms. The van der Waals surface area contributed by atoms with E-state index in [0.29, 0.717) is 0 Å². The number of benzene rings is 8. The van der Waals surface area contributed by atoms with Crippen LogP contribution in [0, 0.1) is 0 Å². The van der Waals surface area contributed by atoms with Gasteiger partial charge in [0.1, 0.15) is 6.17 Å². The van der Waals surface area contributed by atoms with Crippen LogP contribution >= 0.6 is 0 Å². The summed E-state index contributed by atoms with van der Waals surface area (Å²) in [4.78, 5) is 2.51. The molecule has 8 aromatic rings. The molecule has 0 saturated heterocycles. The zero-order chi connectivity index (χ0) is 29.7. The van der Waals surface area contributed by atoms with Gasteiger partial charge in [0.2, 0.25) is 0 Å². The smallest absolute Gasteiger partial charge is 0.130 e. The lowest BCUT2D eigenvalue weighted by Crippen LogP contribution is -2.23. The third kappa shape index (κ3) is 4.18. The quantitative estimate of drug-likeness (QED) is 0.225. The largest absolute Gasteiger partial charge is 0.359 e. The standard InChI is InChI=1S/C43H30N2/c1-3-15-31(16-4-1)43-44-41-39(34-25-23-29-13-7-9-17-32(29)27-34)37-21-11-12-22-38(37)40(42(41)45(43)36-19-5-2-6-20-36)35-26-24-30-14-8-10-18-33(30)28-35/h1-28,43-44H. The number of rotatable bonds is 4. The van der Waals surface area contributed by atoms with E-state index in [0.717, 1.165) is 11.4 Å². The minimum Gasteiger partial charge on any atom is -0.359 e. The molecule has 0 spiro atoms. The predicted molar refractivity (Wildman–Crippen MR) is 191 cm³/mol. The molecule has 1 N–H and O–H groups in total. The van der Waals surface area contributed by atoms with Crippen molar-refractivity contribution < 1.29 is 0 Å². The number of nitrogens with zero attached hydrogens (tertiary/aromatic N) is 1. The number of hydrogen-bond donors (Lipinski definition) is 1. The summed E-state index contributed by atoms with van der Waals surface area (Å²) in [7, 11) is 0. The third-order valence-corrected chi connectivity index (χ3v) is 9.20. The van der Waals surface area contributed by atoms with Gasteiger partial charge in [0.15, 0.2) is 0 Å². The van der Waals surface area contributed by atoms with E-state index in [9.17, 15) is 0 Å². The molecule has 45 heavy (non-hydrogen) atoms. The molecule has 0 radical (unpaired) electrons. The number of hydrogen-bond acceptors (Lipinski definition) is 2. The maximum atomic E-state index is 4.08. The number of fused-ring (bicyclic) bond motifs is 4. The van der Waals surface area contributed by atoms with Crippen molar-refractivity contribution in [2.75, 3.05) is 10.2 Å². The van der Waals surface area contributed by atoms with Crippen molar-refractivity contribution in [3.63, 3.8) is 0 Å². The van der Waals surface area contributed by atoms with Gasteiger partial charge in [0.25, 0.3) is 0 Å². The Morgan fingerprint density at radius 1 is 0.422 bits per heavy atom. The maximum Gasteiger partial charge on any atom is 0.130 e. The summed E-state index contributed by atoms with van der Waals surface area (Å²) in [6.45, 7) is 0. The van der Waals surface area contributed by atoms with Gasteiger partial charge in [-0.25, -0.2) is 0 Å². The first-order chi connectivity index (χ1) is 22.3. The molecule has 1 unspecified atom stereocenters. The summed E-state index contributed by atoms with van der Waals surface area (Å²) in [5.74, 6) is 0. The van der Waals surface area contributed by atoms with Crippen molar-refractivity contribution >= 4 is 49.4 Å². The Morgan fingerprint density at radius 3 is 1.53 bits per heavy atom. The molecule has 0 aromatic heterocycles. The summed E-state index contributed by atoms with van der Waals surface area (Å²) in [5.41, 5.74) is 9.62. The van der Waals surface area contributed by atoms with Crippen molar-refractivity contribution in [1.29, 1.82) is 0 Å². The van der Waals surface area contributed by atoms with Crippen LogP contribution in [0.1, 0.15) is 11.7 Å². The second-order valence-electron chi connectivity index (χ2n) is 11.8. The Balaban J connectivity index is 1.42. The van der Waals surface area contributed by atoms with Gasteiger partial charge in [0.05, 0.1) is 11.4 Å². The highest BCUT2D eigenvalue weighted by Crippen LogP contribution is 2.57. The molecule has 0 amide bonds. The zero-order valence-corrected chi connectivity index (χ0v) is 24.7. The lowest BCUT2D eigenvalue weighted by atomic mass is 9.87. The van der Waals surface area contributed by atoms with Crippen LogP contribution in [-0.2, 0) is 0 Å². The SMILES string of the molecule is c1ccc(C2Nc3c(c(-c4ccc5ccccc5c4)c4ccccc4c3-c3ccc4ccccc4c3)N2c2ccccc2)cc1. The Morgan fingerprint density at radius 2 is 0.911 bits per heavy atom. The highest BCUT2D eigenvalue weighted by molar-refractivity contribution is 6.19. The summed E-state index contributed by atoms with van der Waals surface area (Å²) in [5, 5.41) is 11.5. The average Bonchev–Trinajstić information content (AvgIpc) is 3.51. The van der Waals surface area contributed by atoms with Crippen LogP contribution in [0.5, 0.6) is 0 Å². The topological polar surface area (TPSA) is 15.3 Å². The second-order valence-corrected chi connectivity index (χ2v) is 11.8. The average molecular weight is 575 g/mol. The van der Waals surface area contributed by atoms with Crippen LogP contribution < -0.4 is 10.2 Å². The van der Waals surface area contributed by atoms with E-state index in [-0.39, 0.29) is 6.17 Å². The van der Waals surface area contributed by atoms with E-state index in [2.05, 4.69) is 180 Å². The number of nitrogens with one attached hydrogen (secondary N) is 1. The van der Waals surface area contributed by atoms with E-state index in [4.69, 9.17) is 0 Å². The molecule has 1 heterocycles. The molecule has 1 aliphatic heterocycles. The lowest BCUT2D eigenvalue weighted by Gasteiger charge is -2.29. The van der Waals surface area contributed by atoms with Crippen molar-refractivity contribution in [3.8, 4) is 22.3 Å². The van der Waals surface area contributed by atoms with E-state index in [1.807, 2.05) is 0 Å². The van der Waals surface area contributed by atoms with Gasteiger partial charge >= 0.3 is 0 Å². The van der Waals surface area contributed by atoms with E-state index >= 15 is 0 Å². The minimum atomic E-state index is -0.0844. The Labute approximate surface area is 262 Å². The molecular weight excluding hydrogens is 544 g/mol. The summed E-state index contributed by atoms with van der Waals surface area (Å²) >= 11 is 0. The van der Waals surface area contributed by atoms with Gasteiger partial charge in [-0.2, -0.15) is 0 Å². The molecular formula is C43H30N2. The predicted octanol–water partition coefficient (Wildman–Crippen LogP) is 11.7. The summed E-state index contributed by atoms with van der Waals surface area (Å²) < 4.78 is 0. The van der Waals surface area contributed by atoms with Gasteiger partial charge < -0.3 is 10.2 Å². The fraction of sp³-hybridized carbons (Fsp3) is 0.0233. The molecule has 212 valence electrons. The minimum absolute atomic E-state index is 0.0844. The first-order valence-corrected chi connectivity index (χ1v) is 15.6. The Bertz CT molecular complexity index is 2360. The molecule has 1 atom stereocenters. The van der Waals surface area contributed by atoms with Crippen LogP contribution in [0.4, 0.5) is 17.1 Å². The number of para-hydroxylation sites is 1. The van der Waals surface area contributed by atoms with Crippen molar-refractivity contribution in [2.45, 2.75) is 6.17 Å². The van der Waals surface area contributed by atoms with Crippen molar-refractivity contribution in [3.05, 3.63) is 175 Å². The van der Waals surface area contributed by atoms with Crippen LogP contribution in [0.3, 0.4) is 0 Å².